The Kier molecular flexibility index (Phi) is 3.22. The molecule has 4 heteroatoms. The van der Waals surface area contributed by atoms with E-state index in [4.69, 9.17) is 5.73 Å². The molecule has 1 heterocycles. The highest BCUT2D eigenvalue weighted by Gasteiger charge is 2.08. The summed E-state index contributed by atoms with van der Waals surface area (Å²) in [6.07, 6.45) is 2.96. The summed E-state index contributed by atoms with van der Waals surface area (Å²) in [5.74, 6) is 0.703. The number of benzene rings is 1. The summed E-state index contributed by atoms with van der Waals surface area (Å²) < 4.78 is 0. The lowest BCUT2D eigenvalue weighted by Gasteiger charge is -2.22. The molecule has 0 aliphatic rings. The maximum absolute atomic E-state index is 6.07. The third-order valence-electron chi connectivity index (χ3n) is 3.04. The first-order valence-corrected chi connectivity index (χ1v) is 6.01. The van der Waals surface area contributed by atoms with Crippen molar-refractivity contribution >= 4 is 22.3 Å². The van der Waals surface area contributed by atoms with Crippen LogP contribution in [0.5, 0.6) is 0 Å². The van der Waals surface area contributed by atoms with Crippen molar-refractivity contribution in [1.82, 2.24) is 10.2 Å². The minimum Gasteiger partial charge on any atom is -0.397 e. The van der Waals surface area contributed by atoms with Gasteiger partial charge in [-0.05, 0) is 24.5 Å². The van der Waals surface area contributed by atoms with E-state index in [0.717, 1.165) is 35.2 Å². The Morgan fingerprint density at radius 3 is 2.88 bits per heavy atom. The standard InChI is InChI=1S/C13H20N4/c1-9(2)4-5-17(3)13-7-12-10(6-11(13)14)8-15-16-12/h6-9H,4-5,14H2,1-3H3,(H,15,16). The zero-order valence-corrected chi connectivity index (χ0v) is 10.7. The van der Waals surface area contributed by atoms with Gasteiger partial charge in [0.2, 0.25) is 0 Å². The minimum absolute atomic E-state index is 0.703. The first-order chi connectivity index (χ1) is 8.08. The van der Waals surface area contributed by atoms with E-state index in [1.54, 1.807) is 6.20 Å². The number of fused-ring (bicyclic) bond motifs is 1. The average Bonchev–Trinajstić information content (AvgIpc) is 2.71. The summed E-state index contributed by atoms with van der Waals surface area (Å²) in [6, 6.07) is 4.04. The molecule has 0 amide bonds. The molecule has 4 nitrogen and oxygen atoms in total. The van der Waals surface area contributed by atoms with Gasteiger partial charge in [0.1, 0.15) is 0 Å². The number of hydrogen-bond acceptors (Lipinski definition) is 3. The van der Waals surface area contributed by atoms with Crippen molar-refractivity contribution in [3.8, 4) is 0 Å². The molecule has 0 bridgehead atoms. The highest BCUT2D eigenvalue weighted by atomic mass is 15.1. The SMILES string of the molecule is CC(C)CCN(C)c1cc2[nH]ncc2cc1N. The second kappa shape index (κ2) is 4.65. The number of nitrogen functional groups attached to an aromatic ring is 1. The van der Waals surface area contributed by atoms with E-state index in [2.05, 4.69) is 42.1 Å². The number of anilines is 2. The molecule has 2 rings (SSSR count). The number of nitrogens with one attached hydrogen (secondary N) is 1. The molecule has 92 valence electrons. The highest BCUT2D eigenvalue weighted by molar-refractivity contribution is 5.88. The largest absolute Gasteiger partial charge is 0.397 e. The van der Waals surface area contributed by atoms with Gasteiger partial charge < -0.3 is 10.6 Å². The summed E-state index contributed by atoms with van der Waals surface area (Å²) >= 11 is 0. The van der Waals surface area contributed by atoms with E-state index in [9.17, 15) is 0 Å². The van der Waals surface area contributed by atoms with E-state index in [1.165, 1.54) is 0 Å². The van der Waals surface area contributed by atoms with Crippen molar-refractivity contribution in [2.45, 2.75) is 20.3 Å². The third kappa shape index (κ3) is 2.52. The Labute approximate surface area is 102 Å². The lowest BCUT2D eigenvalue weighted by atomic mass is 10.1. The van der Waals surface area contributed by atoms with E-state index < -0.39 is 0 Å². The number of aromatic nitrogens is 2. The normalized spacial score (nSPS) is 11.3. The molecule has 0 radical (unpaired) electrons. The van der Waals surface area contributed by atoms with Gasteiger partial charge in [0.25, 0.3) is 0 Å². The zero-order chi connectivity index (χ0) is 12.4. The molecule has 0 fully saturated rings. The quantitative estimate of drug-likeness (QED) is 0.797. The predicted molar refractivity (Wildman–Crippen MR) is 73.2 cm³/mol. The van der Waals surface area contributed by atoms with Gasteiger partial charge in [0, 0.05) is 19.0 Å². The van der Waals surface area contributed by atoms with Crippen LogP contribution in [0, 0.1) is 5.92 Å². The van der Waals surface area contributed by atoms with E-state index in [-0.39, 0.29) is 0 Å². The minimum atomic E-state index is 0.703. The van der Waals surface area contributed by atoms with Gasteiger partial charge in [-0.2, -0.15) is 5.10 Å². The van der Waals surface area contributed by atoms with Gasteiger partial charge >= 0.3 is 0 Å². The number of nitrogens with two attached hydrogens (primary N) is 1. The topological polar surface area (TPSA) is 57.9 Å². The van der Waals surface area contributed by atoms with Crippen LogP contribution in [0.25, 0.3) is 10.9 Å². The molecule has 1 aromatic heterocycles. The molecule has 0 aliphatic heterocycles. The fourth-order valence-electron chi connectivity index (χ4n) is 1.90. The number of nitrogens with zero attached hydrogens (tertiary/aromatic N) is 2. The number of rotatable bonds is 4. The van der Waals surface area contributed by atoms with Crippen molar-refractivity contribution < 1.29 is 0 Å². The molecule has 3 N–H and O–H groups in total. The molecule has 0 saturated carbocycles. The molecule has 1 aromatic carbocycles. The van der Waals surface area contributed by atoms with Crippen molar-refractivity contribution in [2.75, 3.05) is 24.2 Å². The second-order valence-electron chi connectivity index (χ2n) is 4.97. The van der Waals surface area contributed by atoms with Gasteiger partial charge in [0.05, 0.1) is 23.1 Å². The van der Waals surface area contributed by atoms with Gasteiger partial charge in [-0.3, -0.25) is 5.10 Å². The number of aromatic amines is 1. The second-order valence-corrected chi connectivity index (χ2v) is 4.97. The van der Waals surface area contributed by atoms with E-state index in [0.29, 0.717) is 5.92 Å². The lowest BCUT2D eigenvalue weighted by molar-refractivity contribution is 0.585. The van der Waals surface area contributed by atoms with E-state index in [1.807, 2.05) is 6.07 Å². The number of H-pyrrole nitrogens is 1. The van der Waals surface area contributed by atoms with Gasteiger partial charge in [-0.15, -0.1) is 0 Å². The summed E-state index contributed by atoms with van der Waals surface area (Å²) in [6.45, 7) is 5.48. The predicted octanol–water partition coefficient (Wildman–Crippen LogP) is 2.63. The van der Waals surface area contributed by atoms with E-state index >= 15 is 0 Å². The van der Waals surface area contributed by atoms with Crippen LogP contribution in [0.15, 0.2) is 18.3 Å². The fraction of sp³-hybridized carbons (Fsp3) is 0.462. The Bertz CT molecular complexity index is 501. The molecule has 2 aromatic rings. The third-order valence-corrected chi connectivity index (χ3v) is 3.04. The molecule has 0 saturated heterocycles. The van der Waals surface area contributed by atoms with Gasteiger partial charge in [-0.1, -0.05) is 13.8 Å². The molecule has 0 spiro atoms. The summed E-state index contributed by atoms with van der Waals surface area (Å²) in [5, 5.41) is 8.05. The van der Waals surface area contributed by atoms with Crippen LogP contribution >= 0.6 is 0 Å². The van der Waals surface area contributed by atoms with Crippen LogP contribution in [0.3, 0.4) is 0 Å². The monoisotopic (exact) mass is 232 g/mol. The van der Waals surface area contributed by atoms with Crippen molar-refractivity contribution in [1.29, 1.82) is 0 Å². The average molecular weight is 232 g/mol. The van der Waals surface area contributed by atoms with Crippen LogP contribution < -0.4 is 10.6 Å². The van der Waals surface area contributed by atoms with Crippen LogP contribution in [0.4, 0.5) is 11.4 Å². The highest BCUT2D eigenvalue weighted by Crippen LogP contribution is 2.27. The zero-order valence-electron chi connectivity index (χ0n) is 10.7. The Morgan fingerprint density at radius 1 is 1.41 bits per heavy atom. The van der Waals surface area contributed by atoms with Crippen molar-refractivity contribution in [3.63, 3.8) is 0 Å². The fourth-order valence-corrected chi connectivity index (χ4v) is 1.90. The maximum atomic E-state index is 6.07. The summed E-state index contributed by atoms with van der Waals surface area (Å²) in [5.41, 5.74) is 8.98. The van der Waals surface area contributed by atoms with Crippen LogP contribution in [0.1, 0.15) is 20.3 Å². The lowest BCUT2D eigenvalue weighted by Crippen LogP contribution is -2.20. The number of hydrogen-bond donors (Lipinski definition) is 2. The Hall–Kier alpha value is -1.71. The Morgan fingerprint density at radius 2 is 2.18 bits per heavy atom. The first kappa shape index (κ1) is 11.8. The Balaban J connectivity index is 2.24. The smallest absolute Gasteiger partial charge is 0.0672 e. The molecule has 0 unspecified atom stereocenters. The first-order valence-electron chi connectivity index (χ1n) is 6.01. The molecular formula is C13H20N4. The molecule has 17 heavy (non-hydrogen) atoms. The van der Waals surface area contributed by atoms with Crippen molar-refractivity contribution in [2.24, 2.45) is 5.92 Å². The molecule has 0 aliphatic carbocycles. The van der Waals surface area contributed by atoms with Crippen molar-refractivity contribution in [3.05, 3.63) is 18.3 Å². The molecular weight excluding hydrogens is 212 g/mol. The summed E-state index contributed by atoms with van der Waals surface area (Å²) in [7, 11) is 2.08. The van der Waals surface area contributed by atoms with Gasteiger partial charge in [0.15, 0.2) is 0 Å². The van der Waals surface area contributed by atoms with Crippen LogP contribution in [-0.2, 0) is 0 Å². The van der Waals surface area contributed by atoms with Crippen LogP contribution in [-0.4, -0.2) is 23.8 Å². The maximum Gasteiger partial charge on any atom is 0.0672 e. The summed E-state index contributed by atoms with van der Waals surface area (Å²) in [4.78, 5) is 2.20. The van der Waals surface area contributed by atoms with Gasteiger partial charge in [-0.25, -0.2) is 0 Å². The molecule has 0 atom stereocenters. The van der Waals surface area contributed by atoms with Crippen LogP contribution in [0.2, 0.25) is 0 Å².